The molecule has 2 aliphatic heterocycles. The fourth-order valence-electron chi connectivity index (χ4n) is 4.80. The Bertz CT molecular complexity index is 547. The molecule has 1 saturated carbocycles. The molecule has 3 aliphatic rings. The van der Waals surface area contributed by atoms with E-state index in [4.69, 9.17) is 0 Å². The number of carboxylic acid groups (broad SMARTS) is 1. The van der Waals surface area contributed by atoms with Gasteiger partial charge in [0.15, 0.2) is 0 Å². The Morgan fingerprint density at radius 2 is 1.88 bits per heavy atom. The van der Waals surface area contributed by atoms with E-state index < -0.39 is 17.4 Å². The van der Waals surface area contributed by atoms with Crippen molar-refractivity contribution in [2.45, 2.75) is 58.4 Å². The highest BCUT2D eigenvalue weighted by molar-refractivity contribution is 5.89. The van der Waals surface area contributed by atoms with E-state index in [0.29, 0.717) is 32.5 Å². The topological polar surface area (TPSA) is 77.9 Å². The second-order valence-corrected chi connectivity index (χ2v) is 7.97. The van der Waals surface area contributed by atoms with E-state index in [1.54, 1.807) is 9.80 Å². The van der Waals surface area contributed by atoms with Crippen LogP contribution in [0.3, 0.4) is 0 Å². The van der Waals surface area contributed by atoms with Crippen molar-refractivity contribution in [3.8, 4) is 0 Å². The van der Waals surface area contributed by atoms with Gasteiger partial charge in [-0.25, -0.2) is 0 Å². The molecule has 24 heavy (non-hydrogen) atoms. The van der Waals surface area contributed by atoms with Crippen molar-refractivity contribution >= 4 is 17.8 Å². The molecule has 1 N–H and O–H groups in total. The lowest BCUT2D eigenvalue weighted by atomic mass is 9.81. The van der Waals surface area contributed by atoms with Crippen molar-refractivity contribution < 1.29 is 19.5 Å². The fraction of sp³-hybridized carbons (Fsp3) is 0.833. The molecule has 0 aromatic rings. The van der Waals surface area contributed by atoms with Crippen molar-refractivity contribution in [1.82, 2.24) is 9.80 Å². The molecular formula is C18H28N2O4. The van der Waals surface area contributed by atoms with Gasteiger partial charge in [-0.2, -0.15) is 0 Å². The minimum Gasteiger partial charge on any atom is -0.481 e. The van der Waals surface area contributed by atoms with Gasteiger partial charge in [0.05, 0.1) is 5.41 Å². The van der Waals surface area contributed by atoms with Crippen LogP contribution in [0.15, 0.2) is 0 Å². The standard InChI is InChI=1S/C18H28N2O4/c1-12(2)15(21)20-9-4-3-7-14(20)16(22)19-10-13-6-5-8-18(13,11-19)17(23)24/h12-14H,3-11H2,1-2H3,(H,23,24)/t13-,14?,18+/m0/s1. The molecule has 0 bridgehead atoms. The van der Waals surface area contributed by atoms with Crippen molar-refractivity contribution in [3.05, 3.63) is 0 Å². The lowest BCUT2D eigenvalue weighted by Crippen LogP contribution is -2.54. The number of hydrogen-bond acceptors (Lipinski definition) is 3. The molecule has 6 heteroatoms. The number of nitrogens with zero attached hydrogens (tertiary/aromatic N) is 2. The molecule has 0 spiro atoms. The Morgan fingerprint density at radius 3 is 2.50 bits per heavy atom. The first-order chi connectivity index (χ1) is 11.4. The van der Waals surface area contributed by atoms with E-state index in [-0.39, 0.29) is 23.7 Å². The molecule has 6 nitrogen and oxygen atoms in total. The Labute approximate surface area is 143 Å². The maximum atomic E-state index is 13.1. The Kier molecular flexibility index (Phi) is 4.58. The minimum atomic E-state index is -0.765. The maximum absolute atomic E-state index is 13.1. The molecule has 0 radical (unpaired) electrons. The molecule has 0 aromatic heterocycles. The average molecular weight is 336 g/mol. The zero-order chi connectivity index (χ0) is 17.5. The lowest BCUT2D eigenvalue weighted by Gasteiger charge is -2.38. The summed E-state index contributed by atoms with van der Waals surface area (Å²) in [6.07, 6.45) is 5.05. The smallest absolute Gasteiger partial charge is 0.311 e. The van der Waals surface area contributed by atoms with E-state index >= 15 is 0 Å². The highest BCUT2D eigenvalue weighted by atomic mass is 16.4. The van der Waals surface area contributed by atoms with Gasteiger partial charge in [0.25, 0.3) is 0 Å². The van der Waals surface area contributed by atoms with Gasteiger partial charge < -0.3 is 14.9 Å². The van der Waals surface area contributed by atoms with E-state index in [1.165, 1.54) is 0 Å². The third kappa shape index (κ3) is 2.70. The molecular weight excluding hydrogens is 308 g/mol. The van der Waals surface area contributed by atoms with Gasteiger partial charge in [-0.3, -0.25) is 14.4 Å². The Morgan fingerprint density at radius 1 is 1.12 bits per heavy atom. The van der Waals surface area contributed by atoms with Crippen LogP contribution in [0, 0.1) is 17.3 Å². The first kappa shape index (κ1) is 17.2. The Balaban J connectivity index is 1.76. The third-order valence-corrected chi connectivity index (χ3v) is 6.17. The SMILES string of the molecule is CC(C)C(=O)N1CCCCC1C(=O)N1C[C@@H]2CCC[C@@]2(C(=O)O)C1. The number of hydrogen-bond donors (Lipinski definition) is 1. The molecule has 1 unspecified atom stereocenters. The van der Waals surface area contributed by atoms with Crippen molar-refractivity contribution in [2.75, 3.05) is 19.6 Å². The zero-order valence-electron chi connectivity index (χ0n) is 14.7. The van der Waals surface area contributed by atoms with E-state index in [0.717, 1.165) is 25.7 Å². The third-order valence-electron chi connectivity index (χ3n) is 6.17. The summed E-state index contributed by atoms with van der Waals surface area (Å²) in [5, 5.41) is 9.69. The van der Waals surface area contributed by atoms with Gasteiger partial charge in [0, 0.05) is 25.6 Å². The van der Waals surface area contributed by atoms with Gasteiger partial charge in [0.2, 0.25) is 11.8 Å². The highest BCUT2D eigenvalue weighted by Crippen LogP contribution is 2.49. The van der Waals surface area contributed by atoms with Gasteiger partial charge in [-0.05, 0) is 38.0 Å². The van der Waals surface area contributed by atoms with Gasteiger partial charge in [-0.1, -0.05) is 20.3 Å². The summed E-state index contributed by atoms with van der Waals surface area (Å²) in [5.41, 5.74) is -0.753. The van der Waals surface area contributed by atoms with Gasteiger partial charge >= 0.3 is 5.97 Å². The van der Waals surface area contributed by atoms with Gasteiger partial charge in [0.1, 0.15) is 6.04 Å². The number of fused-ring (bicyclic) bond motifs is 1. The van der Waals surface area contributed by atoms with Crippen LogP contribution < -0.4 is 0 Å². The van der Waals surface area contributed by atoms with Crippen LogP contribution >= 0.6 is 0 Å². The molecule has 2 saturated heterocycles. The van der Waals surface area contributed by atoms with E-state index in [2.05, 4.69) is 0 Å². The van der Waals surface area contributed by atoms with Crippen LogP contribution in [0.5, 0.6) is 0 Å². The summed E-state index contributed by atoms with van der Waals surface area (Å²) >= 11 is 0. The van der Waals surface area contributed by atoms with Crippen molar-refractivity contribution in [1.29, 1.82) is 0 Å². The molecule has 1 aliphatic carbocycles. The maximum Gasteiger partial charge on any atom is 0.311 e. The molecule has 2 amide bonds. The van der Waals surface area contributed by atoms with Crippen LogP contribution in [0.1, 0.15) is 52.4 Å². The van der Waals surface area contributed by atoms with E-state index in [1.807, 2.05) is 13.8 Å². The number of piperidine rings is 1. The number of amides is 2. The van der Waals surface area contributed by atoms with Crippen LogP contribution in [0.25, 0.3) is 0 Å². The van der Waals surface area contributed by atoms with Gasteiger partial charge in [-0.15, -0.1) is 0 Å². The van der Waals surface area contributed by atoms with Crippen LogP contribution in [-0.4, -0.2) is 58.4 Å². The quantitative estimate of drug-likeness (QED) is 0.851. The predicted octanol–water partition coefficient (Wildman–Crippen LogP) is 1.74. The fourth-order valence-corrected chi connectivity index (χ4v) is 4.80. The summed E-state index contributed by atoms with van der Waals surface area (Å²) in [5.74, 6) is -0.836. The van der Waals surface area contributed by atoms with Crippen LogP contribution in [0.4, 0.5) is 0 Å². The molecule has 134 valence electrons. The Hall–Kier alpha value is -1.59. The summed E-state index contributed by atoms with van der Waals surface area (Å²) < 4.78 is 0. The first-order valence-corrected chi connectivity index (χ1v) is 9.19. The van der Waals surface area contributed by atoms with Crippen LogP contribution in [0.2, 0.25) is 0 Å². The van der Waals surface area contributed by atoms with Crippen LogP contribution in [-0.2, 0) is 14.4 Å². The molecule has 0 aromatic carbocycles. The summed E-state index contributed by atoms with van der Waals surface area (Å²) in [4.78, 5) is 40.8. The number of carboxylic acids is 1. The number of carbonyl (C=O) groups is 3. The number of carbonyl (C=O) groups excluding carboxylic acids is 2. The summed E-state index contributed by atoms with van der Waals surface area (Å²) in [6.45, 7) is 5.20. The second kappa shape index (κ2) is 6.37. The van der Waals surface area contributed by atoms with Crippen molar-refractivity contribution in [2.24, 2.45) is 17.3 Å². The summed E-state index contributed by atoms with van der Waals surface area (Å²) in [6, 6.07) is -0.404. The molecule has 2 heterocycles. The van der Waals surface area contributed by atoms with E-state index in [9.17, 15) is 19.5 Å². The first-order valence-electron chi connectivity index (χ1n) is 9.19. The monoisotopic (exact) mass is 336 g/mol. The number of likely N-dealkylation sites (tertiary alicyclic amines) is 2. The lowest BCUT2D eigenvalue weighted by molar-refractivity contribution is -0.152. The summed E-state index contributed by atoms with van der Waals surface area (Å²) in [7, 11) is 0. The molecule has 3 atom stereocenters. The number of rotatable bonds is 3. The highest BCUT2D eigenvalue weighted by Gasteiger charge is 2.56. The predicted molar refractivity (Wildman–Crippen MR) is 88.2 cm³/mol. The largest absolute Gasteiger partial charge is 0.481 e. The zero-order valence-corrected chi connectivity index (χ0v) is 14.7. The van der Waals surface area contributed by atoms with Crippen molar-refractivity contribution in [3.63, 3.8) is 0 Å². The molecule has 3 rings (SSSR count). The average Bonchev–Trinajstić information content (AvgIpc) is 3.11. The minimum absolute atomic E-state index is 0.0281. The normalized spacial score (nSPS) is 33.0. The molecule has 3 fully saturated rings. The second-order valence-electron chi connectivity index (χ2n) is 7.97. The number of aliphatic carboxylic acids is 1.